The number of thiocarbonyl (C=S) groups is 1. The Morgan fingerprint density at radius 3 is 2.19 bits per heavy atom. The van der Waals surface area contributed by atoms with E-state index in [1.54, 1.807) is 0 Å². The van der Waals surface area contributed by atoms with Crippen molar-refractivity contribution in [2.24, 2.45) is 5.92 Å². The first-order chi connectivity index (χ1) is 13.2. The van der Waals surface area contributed by atoms with E-state index in [-0.39, 0.29) is 12.2 Å². The number of ether oxygens (including phenoxy) is 3. The Kier molecular flexibility index (Phi) is 7.39. The fourth-order valence-corrected chi connectivity index (χ4v) is 3.28. The molecule has 0 unspecified atom stereocenters. The summed E-state index contributed by atoms with van der Waals surface area (Å²) in [4.78, 5) is 0. The lowest BCUT2D eigenvalue weighted by Gasteiger charge is -2.29. The van der Waals surface area contributed by atoms with Crippen LogP contribution in [0.15, 0.2) is 48.5 Å². The topological polar surface area (TPSA) is 27.7 Å². The minimum Gasteiger partial charge on any atom is -0.450 e. The summed E-state index contributed by atoms with van der Waals surface area (Å²) in [5, 5.41) is 0.521. The average molecular weight is 385 g/mol. The van der Waals surface area contributed by atoms with Gasteiger partial charge in [-0.25, -0.2) is 0 Å². The minimum absolute atomic E-state index is 0.0362. The van der Waals surface area contributed by atoms with E-state index >= 15 is 0 Å². The standard InChI is InChI=1S/C23H28O3S/c1-3-5-6-18-7-11-19(12-8-18)22-24-15-20(16-25-22)23(27)26-21-13-9-17(4-2)10-14-21/h7-14,20,22H,3-6,15-16H2,1-2H3. The summed E-state index contributed by atoms with van der Waals surface area (Å²) in [5.41, 5.74) is 3.69. The van der Waals surface area contributed by atoms with Gasteiger partial charge in [0.15, 0.2) is 11.3 Å². The van der Waals surface area contributed by atoms with Gasteiger partial charge in [-0.3, -0.25) is 0 Å². The highest BCUT2D eigenvalue weighted by Crippen LogP contribution is 2.27. The predicted molar refractivity (Wildman–Crippen MR) is 112 cm³/mol. The van der Waals surface area contributed by atoms with E-state index in [1.807, 2.05) is 12.1 Å². The highest BCUT2D eigenvalue weighted by Gasteiger charge is 2.27. The van der Waals surface area contributed by atoms with Crippen molar-refractivity contribution >= 4 is 17.3 Å². The second-order valence-corrected chi connectivity index (χ2v) is 7.36. The molecule has 1 saturated heterocycles. The van der Waals surface area contributed by atoms with Crippen LogP contribution in [-0.2, 0) is 22.3 Å². The molecule has 27 heavy (non-hydrogen) atoms. The molecule has 0 saturated carbocycles. The van der Waals surface area contributed by atoms with Crippen LogP contribution in [-0.4, -0.2) is 18.3 Å². The van der Waals surface area contributed by atoms with Crippen molar-refractivity contribution < 1.29 is 14.2 Å². The number of hydrogen-bond donors (Lipinski definition) is 0. The van der Waals surface area contributed by atoms with Crippen LogP contribution in [0.3, 0.4) is 0 Å². The fraction of sp³-hybridized carbons (Fsp3) is 0.435. The van der Waals surface area contributed by atoms with Gasteiger partial charge in [0.05, 0.1) is 19.1 Å². The molecule has 0 radical (unpaired) electrons. The first kappa shape index (κ1) is 20.0. The zero-order valence-corrected chi connectivity index (χ0v) is 17.0. The Labute approximate surface area is 167 Å². The fourth-order valence-electron chi connectivity index (χ4n) is 3.05. The molecule has 3 rings (SSSR count). The smallest absolute Gasteiger partial charge is 0.183 e. The van der Waals surface area contributed by atoms with Gasteiger partial charge < -0.3 is 14.2 Å². The molecule has 1 aliphatic rings. The van der Waals surface area contributed by atoms with E-state index in [4.69, 9.17) is 26.4 Å². The van der Waals surface area contributed by atoms with Gasteiger partial charge in [0, 0.05) is 5.56 Å². The van der Waals surface area contributed by atoms with Crippen molar-refractivity contribution in [2.45, 2.75) is 45.8 Å². The third-order valence-electron chi connectivity index (χ3n) is 4.85. The van der Waals surface area contributed by atoms with Crippen LogP contribution in [0.5, 0.6) is 5.75 Å². The molecular formula is C23H28O3S. The molecule has 2 aromatic carbocycles. The van der Waals surface area contributed by atoms with E-state index < -0.39 is 0 Å². The van der Waals surface area contributed by atoms with Crippen molar-refractivity contribution in [3.63, 3.8) is 0 Å². The zero-order valence-electron chi connectivity index (χ0n) is 16.1. The van der Waals surface area contributed by atoms with Crippen LogP contribution >= 0.6 is 12.2 Å². The number of benzene rings is 2. The Morgan fingerprint density at radius 1 is 0.963 bits per heavy atom. The van der Waals surface area contributed by atoms with Crippen LogP contribution < -0.4 is 4.74 Å². The van der Waals surface area contributed by atoms with Gasteiger partial charge in [0.25, 0.3) is 0 Å². The van der Waals surface area contributed by atoms with Gasteiger partial charge in [0.1, 0.15) is 5.75 Å². The third kappa shape index (κ3) is 5.61. The zero-order chi connectivity index (χ0) is 19.1. The quantitative estimate of drug-likeness (QED) is 0.576. The third-order valence-corrected chi connectivity index (χ3v) is 5.27. The van der Waals surface area contributed by atoms with Crippen molar-refractivity contribution in [1.82, 2.24) is 0 Å². The molecule has 0 atom stereocenters. The lowest BCUT2D eigenvalue weighted by atomic mass is 10.1. The van der Waals surface area contributed by atoms with Gasteiger partial charge >= 0.3 is 0 Å². The molecule has 3 nitrogen and oxygen atoms in total. The van der Waals surface area contributed by atoms with Crippen LogP contribution in [0, 0.1) is 5.92 Å². The van der Waals surface area contributed by atoms with Crippen molar-refractivity contribution in [3.05, 3.63) is 65.2 Å². The van der Waals surface area contributed by atoms with Crippen LogP contribution in [0.25, 0.3) is 0 Å². The lowest BCUT2D eigenvalue weighted by molar-refractivity contribution is -0.195. The van der Waals surface area contributed by atoms with Gasteiger partial charge in [-0.05, 0) is 54.7 Å². The molecule has 0 aromatic heterocycles. The molecule has 0 bridgehead atoms. The summed E-state index contributed by atoms with van der Waals surface area (Å²) in [6.07, 6.45) is 4.23. The first-order valence-electron chi connectivity index (χ1n) is 9.82. The molecule has 0 amide bonds. The van der Waals surface area contributed by atoms with Crippen LogP contribution in [0.2, 0.25) is 0 Å². The molecule has 144 valence electrons. The number of unbranched alkanes of at least 4 members (excludes halogenated alkanes) is 1. The highest BCUT2D eigenvalue weighted by atomic mass is 32.1. The predicted octanol–water partition coefficient (Wildman–Crippen LogP) is 5.66. The number of aryl methyl sites for hydroxylation is 2. The number of rotatable bonds is 7. The second kappa shape index (κ2) is 9.98. The van der Waals surface area contributed by atoms with E-state index in [0.29, 0.717) is 18.3 Å². The summed E-state index contributed by atoms with van der Waals surface area (Å²) in [6, 6.07) is 16.6. The maximum absolute atomic E-state index is 5.90. The molecule has 0 aliphatic carbocycles. The Bertz CT molecular complexity index is 716. The first-order valence-corrected chi connectivity index (χ1v) is 10.2. The molecule has 1 heterocycles. The molecule has 1 fully saturated rings. The van der Waals surface area contributed by atoms with E-state index in [1.165, 1.54) is 24.0 Å². The summed E-state index contributed by atoms with van der Waals surface area (Å²) >= 11 is 5.45. The van der Waals surface area contributed by atoms with E-state index in [9.17, 15) is 0 Å². The second-order valence-electron chi connectivity index (χ2n) is 6.96. The van der Waals surface area contributed by atoms with Crippen LogP contribution in [0.4, 0.5) is 0 Å². The Balaban J connectivity index is 1.49. The van der Waals surface area contributed by atoms with Gasteiger partial charge in [0.2, 0.25) is 0 Å². The Hall–Kier alpha value is -1.75. The molecular weight excluding hydrogens is 356 g/mol. The minimum atomic E-state index is -0.326. The van der Waals surface area contributed by atoms with Crippen LogP contribution in [0.1, 0.15) is 49.7 Å². The highest BCUT2D eigenvalue weighted by molar-refractivity contribution is 7.80. The molecule has 1 aliphatic heterocycles. The monoisotopic (exact) mass is 384 g/mol. The van der Waals surface area contributed by atoms with E-state index in [2.05, 4.69) is 50.2 Å². The van der Waals surface area contributed by atoms with Gasteiger partial charge in [-0.2, -0.15) is 0 Å². The summed E-state index contributed by atoms with van der Waals surface area (Å²) in [5.74, 6) is 0.730. The van der Waals surface area contributed by atoms with Crippen molar-refractivity contribution in [2.75, 3.05) is 13.2 Å². The van der Waals surface area contributed by atoms with Gasteiger partial charge in [-0.1, -0.05) is 56.7 Å². The normalized spacial score (nSPS) is 19.6. The maximum atomic E-state index is 5.90. The molecule has 0 spiro atoms. The largest absolute Gasteiger partial charge is 0.450 e. The molecule has 2 aromatic rings. The van der Waals surface area contributed by atoms with E-state index in [0.717, 1.165) is 24.2 Å². The van der Waals surface area contributed by atoms with Crippen molar-refractivity contribution in [3.8, 4) is 5.75 Å². The SMILES string of the molecule is CCCCc1ccc(C2OCC(C(=S)Oc3ccc(CC)cc3)CO2)cc1. The summed E-state index contributed by atoms with van der Waals surface area (Å²) in [6.45, 7) is 5.36. The van der Waals surface area contributed by atoms with Crippen molar-refractivity contribution in [1.29, 1.82) is 0 Å². The maximum Gasteiger partial charge on any atom is 0.183 e. The Morgan fingerprint density at radius 2 is 1.59 bits per heavy atom. The van der Waals surface area contributed by atoms with Gasteiger partial charge in [-0.15, -0.1) is 0 Å². The lowest BCUT2D eigenvalue weighted by Crippen LogP contribution is -2.34. The summed E-state index contributed by atoms with van der Waals surface area (Å²) < 4.78 is 17.6. The number of hydrogen-bond acceptors (Lipinski definition) is 4. The average Bonchev–Trinajstić information content (AvgIpc) is 2.73. The molecule has 0 N–H and O–H groups in total. The summed E-state index contributed by atoms with van der Waals surface area (Å²) in [7, 11) is 0. The molecule has 4 heteroatoms.